The minimum Gasteiger partial charge on any atom is -0.378 e. The molecule has 0 saturated heterocycles. The third kappa shape index (κ3) is 6.10. The summed E-state index contributed by atoms with van der Waals surface area (Å²) in [6, 6.07) is 18.0. The summed E-state index contributed by atoms with van der Waals surface area (Å²) >= 11 is 1.90. The minimum atomic E-state index is 0.373. The third-order valence-electron chi connectivity index (χ3n) is 6.55. The van der Waals surface area contributed by atoms with Crippen molar-refractivity contribution >= 4 is 22.4 Å². The average molecular weight is 448 g/mol. The number of unbranched alkanes of at least 4 members (excludes halogenated alkanes) is 1. The largest absolute Gasteiger partial charge is 0.378 e. The highest BCUT2D eigenvalue weighted by Crippen LogP contribution is 2.40. The Hall–Kier alpha value is -1.93. The highest BCUT2D eigenvalue weighted by Gasteiger charge is 2.24. The molecule has 0 aromatic heterocycles. The van der Waals surface area contributed by atoms with E-state index in [-0.39, 0.29) is 0 Å². The van der Waals surface area contributed by atoms with E-state index in [1.165, 1.54) is 46.5 Å². The zero-order chi connectivity index (χ0) is 23.1. The molecule has 0 amide bonds. The Labute approximate surface area is 200 Å². The van der Waals surface area contributed by atoms with E-state index in [0.29, 0.717) is 23.8 Å². The van der Waals surface area contributed by atoms with Crippen LogP contribution in [0.2, 0.25) is 0 Å². The molecule has 1 heterocycles. The van der Waals surface area contributed by atoms with Gasteiger partial charge in [0, 0.05) is 16.6 Å². The summed E-state index contributed by atoms with van der Waals surface area (Å²) in [6.45, 7) is 13.9. The fraction of sp³-hybridized carbons (Fsp3) is 0.467. The first-order valence-electron chi connectivity index (χ1n) is 12.4. The first kappa shape index (κ1) is 24.7. The number of allylic oxidation sites excluding steroid dienone is 1. The quantitative estimate of drug-likeness (QED) is 0.410. The van der Waals surface area contributed by atoms with Crippen molar-refractivity contribution < 1.29 is 0 Å². The van der Waals surface area contributed by atoms with Crippen molar-refractivity contribution in [3.8, 4) is 0 Å². The van der Waals surface area contributed by atoms with Crippen molar-refractivity contribution in [2.45, 2.75) is 85.1 Å². The molecule has 1 N–H and O–H groups in total. The maximum absolute atomic E-state index is 4.09. The van der Waals surface area contributed by atoms with Gasteiger partial charge in [-0.1, -0.05) is 121 Å². The van der Waals surface area contributed by atoms with E-state index in [0.717, 1.165) is 6.42 Å². The Balaban J connectivity index is 1.95. The lowest BCUT2D eigenvalue weighted by Gasteiger charge is -2.30. The van der Waals surface area contributed by atoms with Crippen LogP contribution < -0.4 is 5.32 Å². The van der Waals surface area contributed by atoms with Gasteiger partial charge in [-0.2, -0.15) is 0 Å². The lowest BCUT2D eigenvalue weighted by Crippen LogP contribution is -2.27. The number of hydrogen-bond donors (Lipinski definition) is 1. The summed E-state index contributed by atoms with van der Waals surface area (Å²) < 4.78 is 0. The second-order valence-corrected chi connectivity index (χ2v) is 10.7. The van der Waals surface area contributed by atoms with Crippen LogP contribution in [0.1, 0.15) is 95.8 Å². The van der Waals surface area contributed by atoms with Gasteiger partial charge in [-0.15, -0.1) is 0 Å². The number of para-hydroxylation sites is 1. The zero-order valence-corrected chi connectivity index (χ0v) is 21.6. The maximum atomic E-state index is 4.09. The summed E-state index contributed by atoms with van der Waals surface area (Å²) in [5.74, 6) is 1.54. The molecule has 32 heavy (non-hydrogen) atoms. The van der Waals surface area contributed by atoms with Crippen molar-refractivity contribution in [3.63, 3.8) is 0 Å². The Morgan fingerprint density at radius 3 is 2.19 bits per heavy atom. The molecule has 172 valence electrons. The summed E-state index contributed by atoms with van der Waals surface area (Å²) in [7, 11) is 0. The van der Waals surface area contributed by atoms with Crippen LogP contribution in [0.15, 0.2) is 65.6 Å². The van der Waals surface area contributed by atoms with Crippen LogP contribution in [0, 0.1) is 5.92 Å². The van der Waals surface area contributed by atoms with Gasteiger partial charge in [-0.3, -0.25) is 0 Å². The molecule has 0 saturated carbocycles. The number of anilines is 1. The fourth-order valence-corrected chi connectivity index (χ4v) is 5.68. The van der Waals surface area contributed by atoms with Crippen LogP contribution in [0.5, 0.6) is 0 Å². The zero-order valence-electron chi connectivity index (χ0n) is 20.8. The number of hydrogen-bond acceptors (Lipinski definition) is 2. The Morgan fingerprint density at radius 2 is 1.59 bits per heavy atom. The fourth-order valence-electron chi connectivity index (χ4n) is 4.55. The van der Waals surface area contributed by atoms with Gasteiger partial charge in [-0.05, 0) is 58.3 Å². The van der Waals surface area contributed by atoms with E-state index in [1.807, 2.05) is 11.8 Å². The van der Waals surface area contributed by atoms with Gasteiger partial charge in [0.1, 0.15) is 0 Å². The maximum Gasteiger partial charge on any atom is 0.0484 e. The van der Waals surface area contributed by atoms with Gasteiger partial charge in [0.05, 0.1) is 0 Å². The van der Waals surface area contributed by atoms with E-state index in [1.54, 1.807) is 5.57 Å². The van der Waals surface area contributed by atoms with E-state index >= 15 is 0 Å². The number of nitrogens with one attached hydrogen (secondary N) is 1. The molecule has 0 aliphatic carbocycles. The predicted molar refractivity (Wildman–Crippen MR) is 145 cm³/mol. The van der Waals surface area contributed by atoms with Crippen LogP contribution in [0.3, 0.4) is 0 Å². The molecule has 0 bridgehead atoms. The van der Waals surface area contributed by atoms with Crippen molar-refractivity contribution in [3.05, 3.63) is 82.3 Å². The Morgan fingerprint density at radius 1 is 0.938 bits per heavy atom. The van der Waals surface area contributed by atoms with E-state index < -0.39 is 0 Å². The molecule has 3 rings (SSSR count). The Kier molecular flexibility index (Phi) is 9.11. The lowest BCUT2D eigenvalue weighted by molar-refractivity contribution is 0.579. The molecule has 1 nitrogen and oxygen atoms in total. The second kappa shape index (κ2) is 11.8. The van der Waals surface area contributed by atoms with Gasteiger partial charge in [0.15, 0.2) is 0 Å². The van der Waals surface area contributed by atoms with Crippen LogP contribution >= 0.6 is 11.8 Å². The third-order valence-corrected chi connectivity index (χ3v) is 7.59. The monoisotopic (exact) mass is 447 g/mol. The molecule has 2 unspecified atom stereocenters. The lowest BCUT2D eigenvalue weighted by atomic mass is 9.87. The topological polar surface area (TPSA) is 12.0 Å². The van der Waals surface area contributed by atoms with Crippen LogP contribution in [0.25, 0.3) is 4.91 Å². The van der Waals surface area contributed by atoms with Crippen molar-refractivity contribution in [1.29, 1.82) is 0 Å². The molecule has 2 atom stereocenters. The van der Waals surface area contributed by atoms with E-state index in [4.69, 9.17) is 0 Å². The van der Waals surface area contributed by atoms with Gasteiger partial charge in [0.25, 0.3) is 0 Å². The van der Waals surface area contributed by atoms with Gasteiger partial charge < -0.3 is 5.32 Å². The van der Waals surface area contributed by atoms with Crippen LogP contribution in [-0.4, -0.2) is 6.04 Å². The predicted octanol–water partition coefficient (Wildman–Crippen LogP) is 9.60. The molecule has 0 radical (unpaired) electrons. The van der Waals surface area contributed by atoms with E-state index in [2.05, 4.69) is 107 Å². The number of rotatable bonds is 9. The molecule has 0 fully saturated rings. The summed E-state index contributed by atoms with van der Waals surface area (Å²) in [5, 5.41) is 6.55. The van der Waals surface area contributed by atoms with Crippen molar-refractivity contribution in [1.82, 2.24) is 0 Å². The first-order chi connectivity index (χ1) is 15.4. The van der Waals surface area contributed by atoms with Gasteiger partial charge in [0.2, 0.25) is 0 Å². The molecular weight excluding hydrogens is 406 g/mol. The van der Waals surface area contributed by atoms with Crippen molar-refractivity contribution in [2.75, 3.05) is 5.32 Å². The molecule has 2 aromatic rings. The highest BCUT2D eigenvalue weighted by atomic mass is 32.2. The van der Waals surface area contributed by atoms with Crippen LogP contribution in [0.4, 0.5) is 5.69 Å². The molecule has 1 aliphatic rings. The van der Waals surface area contributed by atoms with Crippen LogP contribution in [-0.2, 0) is 0 Å². The van der Waals surface area contributed by atoms with E-state index in [9.17, 15) is 0 Å². The average Bonchev–Trinajstić information content (AvgIpc) is 2.98. The minimum absolute atomic E-state index is 0.373. The van der Waals surface area contributed by atoms with Gasteiger partial charge in [-0.25, -0.2) is 0 Å². The molecule has 1 aliphatic heterocycles. The number of thioether (sulfide) groups is 1. The molecule has 0 spiro atoms. The molecule has 2 aromatic carbocycles. The molecule has 2 heteroatoms. The Bertz CT molecular complexity index is 897. The summed E-state index contributed by atoms with van der Waals surface area (Å²) in [4.78, 5) is 1.38. The highest BCUT2D eigenvalue weighted by molar-refractivity contribution is 8.10. The summed E-state index contributed by atoms with van der Waals surface area (Å²) in [5.41, 5.74) is 7.13. The SMILES string of the molecule is CCCCC(Nc1c(C(C)C)cccc1C(C)C)C1=CSC(c2ccccc2)=CCC1C. The van der Waals surface area contributed by atoms with Crippen molar-refractivity contribution in [2.24, 2.45) is 5.92 Å². The standard InChI is InChI=1S/C30H41NS/c1-7-8-17-28(31-30-25(21(2)3)15-12-16-26(30)22(4)5)27-20-32-29(19-18-23(27)6)24-13-10-9-11-14-24/h9-16,19-23,28,31H,7-8,17-18H2,1-6H3. The second-order valence-electron chi connectivity index (χ2n) is 9.77. The first-order valence-corrected chi connectivity index (χ1v) is 13.3. The normalized spacial score (nSPS) is 17.7. The molecular formula is C30H41NS. The smallest absolute Gasteiger partial charge is 0.0484 e. The van der Waals surface area contributed by atoms with Gasteiger partial charge >= 0.3 is 0 Å². The number of benzene rings is 2. The summed E-state index contributed by atoms with van der Waals surface area (Å²) in [6.07, 6.45) is 7.18.